The van der Waals surface area contributed by atoms with Crippen molar-refractivity contribution in [1.82, 2.24) is 19.9 Å². The zero-order valence-corrected chi connectivity index (χ0v) is 18.6. The lowest BCUT2D eigenvalue weighted by atomic mass is 10.1. The maximum atomic E-state index is 13.4. The van der Waals surface area contributed by atoms with Crippen molar-refractivity contribution in [3.8, 4) is 17.1 Å². The van der Waals surface area contributed by atoms with Crippen LogP contribution in [0.5, 0.6) is 5.88 Å². The number of aryl methyl sites for hydroxylation is 1. The van der Waals surface area contributed by atoms with Gasteiger partial charge in [0, 0.05) is 30.5 Å². The summed E-state index contributed by atoms with van der Waals surface area (Å²) in [5.74, 6) is 0.943. The highest BCUT2D eigenvalue weighted by Gasteiger charge is 2.40. The Bertz CT molecular complexity index is 1210. The highest BCUT2D eigenvalue weighted by Crippen LogP contribution is 2.40. The van der Waals surface area contributed by atoms with Crippen LogP contribution in [-0.2, 0) is 0 Å². The number of nitrogens with zero attached hydrogens (tertiary/aromatic N) is 6. The second-order valence-corrected chi connectivity index (χ2v) is 8.30. The van der Waals surface area contributed by atoms with E-state index in [9.17, 15) is 9.90 Å². The lowest BCUT2D eigenvalue weighted by molar-refractivity contribution is 0.0520. The lowest BCUT2D eigenvalue weighted by Crippen LogP contribution is -2.48. The van der Waals surface area contributed by atoms with Crippen LogP contribution in [0.4, 0.5) is 22.1 Å². The van der Waals surface area contributed by atoms with Gasteiger partial charge in [0.15, 0.2) is 11.6 Å². The van der Waals surface area contributed by atoms with E-state index >= 15 is 0 Å². The number of amides is 2. The van der Waals surface area contributed by atoms with Crippen molar-refractivity contribution in [3.63, 3.8) is 0 Å². The maximum absolute atomic E-state index is 13.4. The van der Waals surface area contributed by atoms with Crippen LogP contribution in [-0.4, -0.2) is 74.6 Å². The third-order valence-electron chi connectivity index (χ3n) is 5.84. The van der Waals surface area contributed by atoms with E-state index in [1.165, 1.54) is 12.4 Å². The van der Waals surface area contributed by atoms with Gasteiger partial charge in [-0.2, -0.15) is 4.98 Å². The van der Waals surface area contributed by atoms with Gasteiger partial charge in [0.1, 0.15) is 12.7 Å². The molecule has 0 saturated carbocycles. The summed E-state index contributed by atoms with van der Waals surface area (Å²) < 4.78 is 5.33. The molecule has 34 heavy (non-hydrogen) atoms. The fourth-order valence-electron chi connectivity index (χ4n) is 4.22. The molecule has 11 heteroatoms. The minimum absolute atomic E-state index is 0.0125. The van der Waals surface area contributed by atoms with Crippen LogP contribution in [0.2, 0.25) is 0 Å². The molecule has 3 aromatic rings. The van der Waals surface area contributed by atoms with Crippen LogP contribution in [0.1, 0.15) is 12.1 Å². The number of carbonyl (C=O) groups is 1. The average molecular weight is 463 g/mol. The van der Waals surface area contributed by atoms with E-state index in [0.29, 0.717) is 5.82 Å². The normalized spacial score (nSPS) is 17.3. The largest absolute Gasteiger partial charge is 0.474 e. The molecule has 3 N–H and O–H groups in total. The number of urea groups is 1. The van der Waals surface area contributed by atoms with Crippen LogP contribution < -0.4 is 19.9 Å². The molecule has 2 amide bonds. The standard InChI is InChI=1S/C23H25N7O4/c1-14-8-15(4-6-25-14)18-2-3-19-22(26-18)30(16-5-7-29(19)11-16)23(33)28-20-9-24-10-21(27-20)34-13-17(32)12-31/h2-4,6,8-10,16-17,31-32H,5,7,11-13H2,1H3,(H,27,28,33)/t16-,17?/m0/s1. The number of aliphatic hydroxyl groups is 2. The van der Waals surface area contributed by atoms with Gasteiger partial charge in [-0.25, -0.2) is 9.78 Å². The van der Waals surface area contributed by atoms with Crippen molar-refractivity contribution in [2.24, 2.45) is 0 Å². The summed E-state index contributed by atoms with van der Waals surface area (Å²) in [5, 5.41) is 21.2. The Balaban J connectivity index is 1.41. The van der Waals surface area contributed by atoms with E-state index < -0.39 is 12.7 Å². The van der Waals surface area contributed by atoms with Crippen molar-refractivity contribution < 1.29 is 19.7 Å². The fourth-order valence-corrected chi connectivity index (χ4v) is 4.22. The quantitative estimate of drug-likeness (QED) is 0.498. The molecule has 2 aliphatic heterocycles. The first-order valence-electron chi connectivity index (χ1n) is 11.0. The van der Waals surface area contributed by atoms with E-state index in [1.54, 1.807) is 11.1 Å². The number of rotatable bonds is 6. The Labute approximate surface area is 196 Å². The number of anilines is 3. The van der Waals surface area contributed by atoms with Crippen molar-refractivity contribution in [1.29, 1.82) is 0 Å². The Hall–Kier alpha value is -3.83. The molecule has 1 unspecified atom stereocenters. The topological polar surface area (TPSA) is 137 Å². The second-order valence-electron chi connectivity index (χ2n) is 8.30. The average Bonchev–Trinajstić information content (AvgIpc) is 3.26. The number of aromatic nitrogens is 4. The van der Waals surface area contributed by atoms with E-state index in [2.05, 4.69) is 25.2 Å². The third-order valence-corrected chi connectivity index (χ3v) is 5.84. The smallest absolute Gasteiger partial charge is 0.329 e. The molecule has 2 aliphatic rings. The molecule has 0 spiro atoms. The van der Waals surface area contributed by atoms with Gasteiger partial charge in [-0.15, -0.1) is 0 Å². The van der Waals surface area contributed by atoms with Crippen LogP contribution >= 0.6 is 0 Å². The summed E-state index contributed by atoms with van der Waals surface area (Å²) in [6.45, 7) is 2.96. The van der Waals surface area contributed by atoms with Crippen LogP contribution in [0.15, 0.2) is 42.9 Å². The highest BCUT2D eigenvalue weighted by molar-refractivity contribution is 6.04. The zero-order chi connectivity index (χ0) is 23.7. The molecule has 0 aliphatic carbocycles. The van der Waals surface area contributed by atoms with Crippen molar-refractivity contribution in [3.05, 3.63) is 48.5 Å². The first kappa shape index (κ1) is 22.0. The first-order valence-corrected chi connectivity index (χ1v) is 11.0. The predicted octanol–water partition coefficient (Wildman–Crippen LogP) is 1.60. The summed E-state index contributed by atoms with van der Waals surface area (Å²) in [4.78, 5) is 34.8. The van der Waals surface area contributed by atoms with Crippen LogP contribution in [0.3, 0.4) is 0 Å². The van der Waals surface area contributed by atoms with Gasteiger partial charge in [-0.05, 0) is 37.6 Å². The molecule has 176 valence electrons. The van der Waals surface area contributed by atoms with Crippen molar-refractivity contribution in [2.75, 3.05) is 41.4 Å². The molecule has 5 heterocycles. The summed E-state index contributed by atoms with van der Waals surface area (Å²) in [6.07, 6.45) is 4.34. The highest BCUT2D eigenvalue weighted by atomic mass is 16.5. The van der Waals surface area contributed by atoms with E-state index in [4.69, 9.17) is 14.8 Å². The van der Waals surface area contributed by atoms with Gasteiger partial charge >= 0.3 is 6.03 Å². The number of hydrogen-bond acceptors (Lipinski definition) is 9. The van der Waals surface area contributed by atoms with Gasteiger partial charge in [0.05, 0.1) is 36.4 Å². The molecule has 2 atom stereocenters. The zero-order valence-electron chi connectivity index (χ0n) is 18.6. The summed E-state index contributed by atoms with van der Waals surface area (Å²) in [5.41, 5.74) is 3.51. The van der Waals surface area contributed by atoms with Crippen LogP contribution in [0, 0.1) is 6.92 Å². The third kappa shape index (κ3) is 4.35. The molecule has 5 rings (SSSR count). The number of carbonyl (C=O) groups excluding carboxylic acids is 1. The molecule has 3 aromatic heterocycles. The monoisotopic (exact) mass is 463 g/mol. The summed E-state index contributed by atoms with van der Waals surface area (Å²) in [7, 11) is 0. The lowest BCUT2D eigenvalue weighted by Gasteiger charge is -2.35. The molecular weight excluding hydrogens is 438 g/mol. The molecular formula is C23H25N7O4. The predicted molar refractivity (Wildman–Crippen MR) is 125 cm³/mol. The number of ether oxygens (including phenoxy) is 1. The van der Waals surface area contributed by atoms with E-state index in [-0.39, 0.29) is 30.4 Å². The number of nitrogens with one attached hydrogen (secondary N) is 1. The number of pyridine rings is 2. The van der Waals surface area contributed by atoms with Crippen LogP contribution in [0.25, 0.3) is 11.3 Å². The van der Waals surface area contributed by atoms with Gasteiger partial charge in [0.25, 0.3) is 0 Å². The van der Waals surface area contributed by atoms with Crippen molar-refractivity contribution >= 4 is 23.4 Å². The first-order chi connectivity index (χ1) is 16.5. The number of aliphatic hydroxyl groups excluding tert-OH is 2. The minimum Gasteiger partial charge on any atom is -0.474 e. The Kier molecular flexibility index (Phi) is 5.95. The number of fused-ring (bicyclic) bond motifs is 4. The molecule has 11 nitrogen and oxygen atoms in total. The molecule has 0 aromatic carbocycles. The second kappa shape index (κ2) is 9.20. The maximum Gasteiger partial charge on any atom is 0.329 e. The molecule has 0 radical (unpaired) electrons. The number of hydrogen-bond donors (Lipinski definition) is 3. The summed E-state index contributed by atoms with van der Waals surface area (Å²) in [6, 6.07) is 7.47. The fraction of sp³-hybridized carbons (Fsp3) is 0.348. The Morgan fingerprint density at radius 2 is 2.18 bits per heavy atom. The van der Waals surface area contributed by atoms with Crippen molar-refractivity contribution in [2.45, 2.75) is 25.5 Å². The SMILES string of the molecule is Cc1cc(-c2ccc3c(n2)N(C(=O)Nc2cncc(OCC(O)CO)n2)[C@H]2CCN3C2)ccn1. The molecule has 2 bridgehead atoms. The van der Waals surface area contributed by atoms with E-state index in [1.807, 2.05) is 31.2 Å². The Morgan fingerprint density at radius 1 is 1.29 bits per heavy atom. The van der Waals surface area contributed by atoms with Gasteiger partial charge in [-0.3, -0.25) is 20.2 Å². The molecule has 1 saturated heterocycles. The van der Waals surface area contributed by atoms with Gasteiger partial charge < -0.3 is 19.8 Å². The van der Waals surface area contributed by atoms with Gasteiger partial charge in [0.2, 0.25) is 5.88 Å². The van der Waals surface area contributed by atoms with E-state index in [0.717, 1.165) is 42.1 Å². The Morgan fingerprint density at radius 3 is 3.00 bits per heavy atom. The van der Waals surface area contributed by atoms with Gasteiger partial charge in [-0.1, -0.05) is 0 Å². The molecule has 1 fully saturated rings. The summed E-state index contributed by atoms with van der Waals surface area (Å²) >= 11 is 0. The minimum atomic E-state index is -1.03.